The predicted octanol–water partition coefficient (Wildman–Crippen LogP) is 5.09. The van der Waals surface area contributed by atoms with E-state index in [1.165, 1.54) is 5.56 Å². The van der Waals surface area contributed by atoms with E-state index >= 15 is 0 Å². The van der Waals surface area contributed by atoms with E-state index in [2.05, 4.69) is 65.0 Å². The summed E-state index contributed by atoms with van der Waals surface area (Å²) in [5, 5.41) is 4.06. The summed E-state index contributed by atoms with van der Waals surface area (Å²) in [6.45, 7) is 9.15. The van der Waals surface area contributed by atoms with E-state index in [-0.39, 0.29) is 11.3 Å². The molecule has 1 aromatic heterocycles. The van der Waals surface area contributed by atoms with Gasteiger partial charge in [-0.2, -0.15) is 0 Å². The van der Waals surface area contributed by atoms with E-state index in [9.17, 15) is 4.79 Å². The normalized spacial score (nSPS) is 11.2. The van der Waals surface area contributed by atoms with Crippen molar-refractivity contribution >= 4 is 50.1 Å². The number of amides is 1. The van der Waals surface area contributed by atoms with Gasteiger partial charge >= 0.3 is 0 Å². The van der Waals surface area contributed by atoms with Crippen LogP contribution in [0.5, 0.6) is 0 Å². The molecule has 0 radical (unpaired) electrons. The maximum absolute atomic E-state index is 12.9. The number of nitrogens with zero attached hydrogens (tertiary/aromatic N) is 1. The minimum atomic E-state index is -0.284. The topological polar surface area (TPSA) is 66.0 Å². The van der Waals surface area contributed by atoms with Crippen LogP contribution < -0.4 is 16.2 Å². The molecule has 1 amide bonds. The molecule has 2 aromatic carbocycles. The van der Waals surface area contributed by atoms with Gasteiger partial charge in [0.2, 0.25) is 0 Å². The standard InChI is InChI=1S/C23H25BrN4OS/c1-5-25-22(30)28-27-21(29)18-13-20(26-19-11-10-16(24)12-17(18)19)14-6-8-15(9-7-14)23(2,3)4/h6-13H,5H2,1-4H3,(H,27,29)(H2,25,28,30). The molecule has 0 aliphatic rings. The summed E-state index contributed by atoms with van der Waals surface area (Å²) in [4.78, 5) is 17.7. The maximum Gasteiger partial charge on any atom is 0.270 e. The number of carbonyl (C=O) groups excluding carboxylic acids is 1. The molecule has 0 saturated heterocycles. The molecule has 0 saturated carbocycles. The van der Waals surface area contributed by atoms with Crippen molar-refractivity contribution in [2.75, 3.05) is 6.54 Å². The number of rotatable bonds is 3. The lowest BCUT2D eigenvalue weighted by molar-refractivity contribution is 0.0945. The molecule has 0 atom stereocenters. The van der Waals surface area contributed by atoms with Crippen molar-refractivity contribution in [3.05, 3.63) is 64.1 Å². The van der Waals surface area contributed by atoms with E-state index < -0.39 is 0 Å². The van der Waals surface area contributed by atoms with Crippen molar-refractivity contribution in [2.45, 2.75) is 33.1 Å². The molecule has 3 N–H and O–H groups in total. The van der Waals surface area contributed by atoms with Gasteiger partial charge in [-0.3, -0.25) is 15.6 Å². The van der Waals surface area contributed by atoms with Crippen molar-refractivity contribution in [2.24, 2.45) is 0 Å². The van der Waals surface area contributed by atoms with Gasteiger partial charge in [0.25, 0.3) is 5.91 Å². The summed E-state index contributed by atoms with van der Waals surface area (Å²) < 4.78 is 0.879. The van der Waals surface area contributed by atoms with Gasteiger partial charge < -0.3 is 5.32 Å². The van der Waals surface area contributed by atoms with Gasteiger partial charge in [-0.15, -0.1) is 0 Å². The van der Waals surface area contributed by atoms with Crippen LogP contribution in [-0.2, 0) is 5.41 Å². The van der Waals surface area contributed by atoms with Gasteiger partial charge in [0.15, 0.2) is 5.11 Å². The number of aromatic nitrogens is 1. The summed E-state index contributed by atoms with van der Waals surface area (Å²) in [5.41, 5.74) is 9.68. The average molecular weight is 485 g/mol. The fraction of sp³-hybridized carbons (Fsp3) is 0.261. The zero-order valence-corrected chi connectivity index (χ0v) is 19.9. The third-order valence-corrected chi connectivity index (χ3v) is 5.43. The highest BCUT2D eigenvalue weighted by Crippen LogP contribution is 2.29. The smallest absolute Gasteiger partial charge is 0.270 e. The Balaban J connectivity index is 2.02. The van der Waals surface area contributed by atoms with E-state index in [0.29, 0.717) is 17.2 Å². The minimum absolute atomic E-state index is 0.0727. The Morgan fingerprint density at radius 1 is 1.07 bits per heavy atom. The van der Waals surface area contributed by atoms with Crippen molar-refractivity contribution in [1.29, 1.82) is 0 Å². The lowest BCUT2D eigenvalue weighted by atomic mass is 9.86. The molecule has 30 heavy (non-hydrogen) atoms. The molecular formula is C23H25BrN4OS. The minimum Gasteiger partial charge on any atom is -0.362 e. The van der Waals surface area contributed by atoms with Gasteiger partial charge in [0, 0.05) is 22.0 Å². The average Bonchev–Trinajstić information content (AvgIpc) is 2.71. The van der Waals surface area contributed by atoms with Gasteiger partial charge in [-0.05, 0) is 54.4 Å². The highest BCUT2D eigenvalue weighted by Gasteiger charge is 2.16. The van der Waals surface area contributed by atoms with Crippen LogP contribution >= 0.6 is 28.1 Å². The number of hydrogen-bond donors (Lipinski definition) is 3. The largest absolute Gasteiger partial charge is 0.362 e. The number of pyridine rings is 1. The molecular weight excluding hydrogens is 460 g/mol. The zero-order chi connectivity index (χ0) is 21.9. The molecule has 3 rings (SSSR count). The summed E-state index contributed by atoms with van der Waals surface area (Å²) in [7, 11) is 0. The van der Waals surface area contributed by atoms with Gasteiger partial charge in [-0.1, -0.05) is 61.0 Å². The molecule has 3 aromatic rings. The molecule has 5 nitrogen and oxygen atoms in total. The summed E-state index contributed by atoms with van der Waals surface area (Å²) in [6.07, 6.45) is 0. The van der Waals surface area contributed by atoms with Crippen LogP contribution in [0.3, 0.4) is 0 Å². The van der Waals surface area contributed by atoms with Crippen molar-refractivity contribution < 1.29 is 4.79 Å². The molecule has 0 spiro atoms. The van der Waals surface area contributed by atoms with Crippen LogP contribution in [0.15, 0.2) is 53.0 Å². The Labute approximate surface area is 190 Å². The Hall–Kier alpha value is -2.51. The molecule has 7 heteroatoms. The second kappa shape index (κ2) is 9.10. The molecule has 1 heterocycles. The predicted molar refractivity (Wildman–Crippen MR) is 130 cm³/mol. The number of halogens is 1. The van der Waals surface area contributed by atoms with Crippen molar-refractivity contribution in [3.63, 3.8) is 0 Å². The highest BCUT2D eigenvalue weighted by atomic mass is 79.9. The molecule has 0 aliphatic heterocycles. The number of fused-ring (bicyclic) bond motifs is 1. The molecule has 0 unspecified atom stereocenters. The molecule has 0 aliphatic carbocycles. The van der Waals surface area contributed by atoms with Gasteiger partial charge in [0.1, 0.15) is 0 Å². The molecule has 156 valence electrons. The second-order valence-electron chi connectivity index (χ2n) is 7.98. The first-order valence-corrected chi connectivity index (χ1v) is 10.9. The number of hydrogen-bond acceptors (Lipinski definition) is 3. The van der Waals surface area contributed by atoms with Crippen molar-refractivity contribution in [3.8, 4) is 11.3 Å². The summed E-state index contributed by atoms with van der Waals surface area (Å²) >= 11 is 8.61. The summed E-state index contributed by atoms with van der Waals surface area (Å²) in [6, 6.07) is 15.8. The Bertz CT molecular complexity index is 1090. The molecule has 0 bridgehead atoms. The summed E-state index contributed by atoms with van der Waals surface area (Å²) in [5.74, 6) is -0.284. The first-order valence-electron chi connectivity index (χ1n) is 9.74. The van der Waals surface area contributed by atoms with E-state index in [4.69, 9.17) is 17.2 Å². The van der Waals surface area contributed by atoms with E-state index in [1.54, 1.807) is 0 Å². The SMILES string of the molecule is CCNC(=S)NNC(=O)c1cc(-c2ccc(C(C)(C)C)cc2)nc2ccc(Br)cc12. The monoisotopic (exact) mass is 484 g/mol. The van der Waals surface area contributed by atoms with Crippen molar-refractivity contribution in [1.82, 2.24) is 21.2 Å². The van der Waals surface area contributed by atoms with Gasteiger partial charge in [0.05, 0.1) is 16.8 Å². The second-order valence-corrected chi connectivity index (χ2v) is 9.31. The Kier molecular flexibility index (Phi) is 6.73. The van der Waals surface area contributed by atoms with Crippen LogP contribution in [0.2, 0.25) is 0 Å². The first-order chi connectivity index (χ1) is 14.2. The van der Waals surface area contributed by atoms with E-state index in [1.807, 2.05) is 43.3 Å². The zero-order valence-electron chi connectivity index (χ0n) is 17.5. The third-order valence-electron chi connectivity index (χ3n) is 4.69. The fourth-order valence-corrected chi connectivity index (χ4v) is 3.62. The van der Waals surface area contributed by atoms with Crippen LogP contribution in [0.25, 0.3) is 22.2 Å². The van der Waals surface area contributed by atoms with Crippen LogP contribution in [-0.4, -0.2) is 22.5 Å². The lowest BCUT2D eigenvalue weighted by Gasteiger charge is -2.19. The maximum atomic E-state index is 12.9. The third kappa shape index (κ3) is 5.15. The highest BCUT2D eigenvalue weighted by molar-refractivity contribution is 9.10. The number of hydrazine groups is 1. The van der Waals surface area contributed by atoms with Crippen LogP contribution in [0, 0.1) is 0 Å². The quantitative estimate of drug-likeness (QED) is 0.356. The fourth-order valence-electron chi connectivity index (χ4n) is 3.06. The Morgan fingerprint density at radius 3 is 2.40 bits per heavy atom. The number of benzene rings is 2. The lowest BCUT2D eigenvalue weighted by Crippen LogP contribution is -2.46. The van der Waals surface area contributed by atoms with E-state index in [0.717, 1.165) is 26.6 Å². The van der Waals surface area contributed by atoms with Gasteiger partial charge in [-0.25, -0.2) is 4.98 Å². The Morgan fingerprint density at radius 2 is 1.77 bits per heavy atom. The first kappa shape index (κ1) is 22.2. The number of carbonyl (C=O) groups is 1. The number of thiocarbonyl (C=S) groups is 1. The van der Waals surface area contributed by atoms with Crippen LogP contribution in [0.1, 0.15) is 43.6 Å². The number of nitrogens with one attached hydrogen (secondary N) is 3. The van der Waals surface area contributed by atoms with Crippen LogP contribution in [0.4, 0.5) is 0 Å². The molecule has 0 fully saturated rings.